The normalized spacial score (nSPS) is 13.0. The highest BCUT2D eigenvalue weighted by molar-refractivity contribution is 5.62. The third-order valence-corrected chi connectivity index (χ3v) is 5.04. The van der Waals surface area contributed by atoms with Gasteiger partial charge in [-0.25, -0.2) is 0 Å². The van der Waals surface area contributed by atoms with Crippen molar-refractivity contribution in [3.63, 3.8) is 0 Å². The quantitative estimate of drug-likeness (QED) is 0.181. The molecule has 0 spiro atoms. The molecule has 0 N–H and O–H groups in total. The van der Waals surface area contributed by atoms with E-state index in [0.29, 0.717) is 25.4 Å². The van der Waals surface area contributed by atoms with Crippen LogP contribution in [-0.2, 0) is 9.47 Å². The smallest absolute Gasteiger partial charge is 0.119 e. The molecule has 0 bridgehead atoms. The number of epoxide rings is 2. The van der Waals surface area contributed by atoms with Crippen molar-refractivity contribution in [2.45, 2.75) is 122 Å². The molecule has 2 heterocycles. The van der Waals surface area contributed by atoms with Gasteiger partial charge in [0.25, 0.3) is 0 Å². The minimum Gasteiger partial charge on any atom is -0.491 e. The average molecular weight is 693 g/mol. The zero-order chi connectivity index (χ0) is 38.7. The average Bonchev–Trinajstić information content (AvgIpc) is 4.17. The number of ether oxygens (including phenoxy) is 4. The van der Waals surface area contributed by atoms with E-state index in [1.54, 1.807) is 0 Å². The predicted molar refractivity (Wildman–Crippen MR) is 224 cm³/mol. The Bertz CT molecular complexity index is 991. The van der Waals surface area contributed by atoms with Crippen molar-refractivity contribution in [3.05, 3.63) is 121 Å². The summed E-state index contributed by atoms with van der Waals surface area (Å²) in [5.74, 6) is 1.84. The maximum absolute atomic E-state index is 5.40. The standard InChI is InChI=1S/C12H10.2C9H10O2.2C3H8.5C2H6/c1-3-7-11(8-4-1)12-9-5-2-6-10-12;2*1-2-4-8(5-3-1)10-6-9-7-11-9;2*1-3-2;5*1-2/h1-10H;2*1-5,9H,6-7H2;2*3H2,1-2H3;5*1-2H3. The predicted octanol–water partition coefficient (Wildman–Crippen LogP) is 14.2. The van der Waals surface area contributed by atoms with E-state index in [9.17, 15) is 0 Å². The van der Waals surface area contributed by atoms with E-state index in [1.165, 1.54) is 24.0 Å². The topological polar surface area (TPSA) is 43.5 Å². The van der Waals surface area contributed by atoms with E-state index in [4.69, 9.17) is 18.9 Å². The third-order valence-electron chi connectivity index (χ3n) is 5.04. The molecule has 2 fully saturated rings. The van der Waals surface area contributed by atoms with Gasteiger partial charge in [0.05, 0.1) is 13.2 Å². The molecule has 4 aromatic rings. The Morgan fingerprint density at radius 1 is 0.400 bits per heavy atom. The third kappa shape index (κ3) is 35.7. The first kappa shape index (κ1) is 53.2. The van der Waals surface area contributed by atoms with E-state index in [1.807, 2.05) is 142 Å². The van der Waals surface area contributed by atoms with Crippen molar-refractivity contribution >= 4 is 0 Å². The molecule has 0 saturated carbocycles. The first-order valence-electron chi connectivity index (χ1n) is 19.4. The Morgan fingerprint density at radius 2 is 0.600 bits per heavy atom. The van der Waals surface area contributed by atoms with E-state index >= 15 is 0 Å². The van der Waals surface area contributed by atoms with Crippen LogP contribution in [0.15, 0.2) is 121 Å². The van der Waals surface area contributed by atoms with E-state index in [0.717, 1.165) is 24.7 Å². The summed E-state index contributed by atoms with van der Waals surface area (Å²) in [5.41, 5.74) is 2.55. The van der Waals surface area contributed by atoms with Crippen molar-refractivity contribution in [1.82, 2.24) is 0 Å². The van der Waals surface area contributed by atoms with E-state index < -0.39 is 0 Å². The Hall–Kier alpha value is -3.60. The highest BCUT2D eigenvalue weighted by Crippen LogP contribution is 2.17. The molecule has 0 aromatic heterocycles. The lowest BCUT2D eigenvalue weighted by atomic mass is 10.1. The molecule has 2 saturated heterocycles. The maximum Gasteiger partial charge on any atom is 0.119 e. The summed E-state index contributed by atoms with van der Waals surface area (Å²) < 4.78 is 20.8. The van der Waals surface area contributed by atoms with Crippen molar-refractivity contribution in [2.75, 3.05) is 26.4 Å². The lowest BCUT2D eigenvalue weighted by Gasteiger charge is -2.01. The Morgan fingerprint density at radius 3 is 0.800 bits per heavy atom. The second-order valence-corrected chi connectivity index (χ2v) is 9.31. The van der Waals surface area contributed by atoms with Crippen LogP contribution in [0.2, 0.25) is 0 Å². The molecule has 2 unspecified atom stereocenters. The van der Waals surface area contributed by atoms with Crippen molar-refractivity contribution in [2.24, 2.45) is 0 Å². The van der Waals surface area contributed by atoms with Gasteiger partial charge in [0.2, 0.25) is 0 Å². The van der Waals surface area contributed by atoms with E-state index in [2.05, 4.69) is 76.2 Å². The van der Waals surface area contributed by atoms with Gasteiger partial charge in [-0.1, -0.05) is 207 Å². The Labute approximate surface area is 310 Å². The van der Waals surface area contributed by atoms with Gasteiger partial charge in [0, 0.05) is 0 Å². The molecule has 4 nitrogen and oxygen atoms in total. The molecule has 0 radical (unpaired) electrons. The first-order chi connectivity index (χ1) is 24.7. The summed E-state index contributed by atoms with van der Waals surface area (Å²) in [4.78, 5) is 0. The molecule has 4 aromatic carbocycles. The highest BCUT2D eigenvalue weighted by atomic mass is 16.6. The highest BCUT2D eigenvalue weighted by Gasteiger charge is 2.23. The zero-order valence-corrected chi connectivity index (χ0v) is 34.6. The van der Waals surface area contributed by atoms with Crippen LogP contribution in [0.25, 0.3) is 11.1 Å². The van der Waals surface area contributed by atoms with Gasteiger partial charge >= 0.3 is 0 Å². The number of hydrogen-bond acceptors (Lipinski definition) is 4. The van der Waals surface area contributed by atoms with Crippen LogP contribution < -0.4 is 9.47 Å². The Balaban J connectivity index is -0.000000264. The summed E-state index contributed by atoms with van der Waals surface area (Å²) in [7, 11) is 0. The molecule has 0 amide bonds. The lowest BCUT2D eigenvalue weighted by Crippen LogP contribution is -2.03. The zero-order valence-electron chi connectivity index (χ0n) is 34.6. The fourth-order valence-corrected chi connectivity index (χ4v) is 3.00. The molecule has 2 aliphatic heterocycles. The molecule has 4 heteroatoms. The number of para-hydroxylation sites is 2. The second kappa shape index (κ2) is 45.4. The summed E-state index contributed by atoms with van der Waals surface area (Å²) in [5, 5.41) is 0. The number of hydrogen-bond donors (Lipinski definition) is 0. The number of rotatable bonds is 7. The van der Waals surface area contributed by atoms with Gasteiger partial charge < -0.3 is 18.9 Å². The van der Waals surface area contributed by atoms with Gasteiger partial charge in [0.15, 0.2) is 0 Å². The van der Waals surface area contributed by atoms with Crippen LogP contribution in [0.1, 0.15) is 110 Å². The van der Waals surface area contributed by atoms with Crippen LogP contribution in [0.5, 0.6) is 11.5 Å². The summed E-state index contributed by atoms with van der Waals surface area (Å²) in [6.07, 6.45) is 3.19. The second-order valence-electron chi connectivity index (χ2n) is 9.31. The van der Waals surface area contributed by atoms with E-state index in [-0.39, 0.29) is 0 Å². The number of benzene rings is 4. The SMILES string of the molecule is CC.CC.CC.CC.CC.CCC.CCC.c1ccc(-c2ccccc2)cc1.c1ccc(OCC2CO2)cc1.c1ccc(OCC2CO2)cc1. The van der Waals surface area contributed by atoms with Crippen LogP contribution in [0.3, 0.4) is 0 Å². The molecule has 284 valence electrons. The van der Waals surface area contributed by atoms with Gasteiger partial charge in [-0.05, 0) is 35.4 Å². The molecule has 2 aliphatic rings. The van der Waals surface area contributed by atoms with Crippen LogP contribution in [0.4, 0.5) is 0 Å². The fraction of sp³-hybridized carbons (Fsp3) is 0.478. The fourth-order valence-electron chi connectivity index (χ4n) is 3.00. The summed E-state index contributed by atoms with van der Waals surface area (Å²) >= 11 is 0. The summed E-state index contributed by atoms with van der Waals surface area (Å²) in [6, 6.07) is 40.4. The molecule has 2 atom stereocenters. The van der Waals surface area contributed by atoms with Crippen molar-refractivity contribution in [3.8, 4) is 22.6 Å². The monoisotopic (exact) mass is 693 g/mol. The first-order valence-corrected chi connectivity index (χ1v) is 19.4. The molecular formula is C46H76O4. The maximum atomic E-state index is 5.40. The van der Waals surface area contributed by atoms with Crippen LogP contribution in [-0.4, -0.2) is 38.6 Å². The van der Waals surface area contributed by atoms with Crippen LogP contribution in [0, 0.1) is 0 Å². The van der Waals surface area contributed by atoms with Gasteiger partial charge in [-0.3, -0.25) is 0 Å². The Kier molecular flexibility index (Phi) is 48.3. The molecule has 6 rings (SSSR count). The minimum atomic E-state index is 0.343. The molecule has 50 heavy (non-hydrogen) atoms. The van der Waals surface area contributed by atoms with Crippen molar-refractivity contribution < 1.29 is 18.9 Å². The molecule has 0 aliphatic carbocycles. The molecular weight excluding hydrogens is 617 g/mol. The van der Waals surface area contributed by atoms with Gasteiger partial charge in [-0.15, -0.1) is 0 Å². The van der Waals surface area contributed by atoms with Gasteiger partial charge in [-0.2, -0.15) is 0 Å². The largest absolute Gasteiger partial charge is 0.491 e. The summed E-state index contributed by atoms with van der Waals surface area (Å²) in [6.45, 7) is 31.6. The lowest BCUT2D eigenvalue weighted by molar-refractivity contribution is 0.263. The minimum absolute atomic E-state index is 0.343. The van der Waals surface area contributed by atoms with Crippen molar-refractivity contribution in [1.29, 1.82) is 0 Å². The van der Waals surface area contributed by atoms with Crippen LogP contribution >= 0.6 is 0 Å². The van der Waals surface area contributed by atoms with Gasteiger partial charge in [0.1, 0.15) is 36.9 Å².